The second kappa shape index (κ2) is 11.5. The van der Waals surface area contributed by atoms with E-state index < -0.39 is 5.97 Å². The van der Waals surface area contributed by atoms with Gasteiger partial charge in [0.15, 0.2) is 5.69 Å². The number of aryl methyl sites for hydroxylation is 2. The number of hydrogen-bond donors (Lipinski definition) is 2. The second-order valence-electron chi connectivity index (χ2n) is 8.88. The first-order chi connectivity index (χ1) is 18.1. The van der Waals surface area contributed by atoms with Gasteiger partial charge in [-0.3, -0.25) is 4.79 Å². The van der Waals surface area contributed by atoms with Crippen LogP contribution in [0.5, 0.6) is 0 Å². The van der Waals surface area contributed by atoms with Crippen LogP contribution < -0.4 is 10.6 Å². The molecule has 1 amide bonds. The molecule has 1 saturated heterocycles. The lowest BCUT2D eigenvalue weighted by Gasteiger charge is -2.12. The first kappa shape index (κ1) is 24.9. The van der Waals surface area contributed by atoms with Gasteiger partial charge in [0.1, 0.15) is 10.7 Å². The molecule has 4 aromatic rings. The van der Waals surface area contributed by atoms with Crippen molar-refractivity contribution >= 4 is 45.6 Å². The molecule has 2 N–H and O–H groups in total. The van der Waals surface area contributed by atoms with Crippen molar-refractivity contribution in [1.29, 1.82) is 0 Å². The number of nitrogens with zero attached hydrogens (tertiary/aromatic N) is 3. The molecule has 0 saturated carbocycles. The molecule has 4 heterocycles. The van der Waals surface area contributed by atoms with E-state index in [0.29, 0.717) is 55.1 Å². The minimum atomic E-state index is -0.520. The Labute approximate surface area is 218 Å². The Kier molecular flexibility index (Phi) is 7.76. The van der Waals surface area contributed by atoms with Gasteiger partial charge in [0, 0.05) is 30.1 Å². The van der Waals surface area contributed by atoms with Crippen LogP contribution in [0.1, 0.15) is 33.9 Å². The van der Waals surface area contributed by atoms with E-state index in [1.54, 1.807) is 23.7 Å². The summed E-state index contributed by atoms with van der Waals surface area (Å²) in [5.41, 5.74) is 3.31. The molecule has 9 nitrogen and oxygen atoms in total. The number of fused-ring (bicyclic) bond motifs is 1. The van der Waals surface area contributed by atoms with Crippen molar-refractivity contribution in [3.63, 3.8) is 0 Å². The average molecular weight is 520 g/mol. The number of carbonyl (C=O) groups excluding carboxylic acids is 2. The van der Waals surface area contributed by atoms with Gasteiger partial charge in [-0.2, -0.15) is 0 Å². The molecule has 1 unspecified atom stereocenters. The van der Waals surface area contributed by atoms with Gasteiger partial charge in [-0.25, -0.2) is 14.8 Å². The predicted molar refractivity (Wildman–Crippen MR) is 143 cm³/mol. The fraction of sp³-hybridized carbons (Fsp3) is 0.333. The molecule has 3 aromatic heterocycles. The molecule has 1 fully saturated rings. The molecule has 1 atom stereocenters. The second-order valence-corrected chi connectivity index (χ2v) is 9.86. The van der Waals surface area contributed by atoms with Gasteiger partial charge in [-0.1, -0.05) is 30.3 Å². The molecule has 1 aromatic carbocycles. The van der Waals surface area contributed by atoms with Crippen molar-refractivity contribution < 1.29 is 19.1 Å². The van der Waals surface area contributed by atoms with Crippen LogP contribution in [-0.4, -0.2) is 46.7 Å². The fourth-order valence-corrected chi connectivity index (χ4v) is 5.10. The number of rotatable bonds is 10. The monoisotopic (exact) mass is 519 g/mol. The average Bonchev–Trinajstić information content (AvgIpc) is 3.70. The van der Waals surface area contributed by atoms with E-state index in [-0.39, 0.29) is 11.8 Å². The third-order valence-corrected chi connectivity index (χ3v) is 7.22. The standard InChI is InChI=1S/C27H29N5O4S/c1-35-27(34)24-23(31-26(33)19-9-12-36-17-19)21-14-20(29-16-22-28-10-13-37-22)15-30-25(21)32(24)11-5-8-18-6-3-2-4-7-18/h2-4,6-7,10,13-15,19,29H,5,8-9,11-12,16-17H2,1H3,(H,31,33). The molecule has 5 rings (SSSR count). The summed E-state index contributed by atoms with van der Waals surface area (Å²) in [5, 5.41) is 9.91. The Bertz CT molecular complexity index is 1360. The van der Waals surface area contributed by atoms with E-state index in [4.69, 9.17) is 14.5 Å². The van der Waals surface area contributed by atoms with E-state index in [0.717, 1.165) is 23.5 Å². The summed E-state index contributed by atoms with van der Waals surface area (Å²) in [4.78, 5) is 35.2. The van der Waals surface area contributed by atoms with Crippen molar-refractivity contribution in [3.05, 3.63) is 70.4 Å². The van der Waals surface area contributed by atoms with E-state index >= 15 is 0 Å². The topological polar surface area (TPSA) is 107 Å². The molecule has 192 valence electrons. The Morgan fingerprint density at radius 2 is 2.11 bits per heavy atom. The molecule has 10 heteroatoms. The van der Waals surface area contributed by atoms with Gasteiger partial charge >= 0.3 is 5.97 Å². The minimum absolute atomic E-state index is 0.174. The summed E-state index contributed by atoms with van der Waals surface area (Å²) in [7, 11) is 1.35. The molecule has 0 aliphatic carbocycles. The van der Waals surface area contributed by atoms with Crippen LogP contribution >= 0.6 is 11.3 Å². The summed E-state index contributed by atoms with van der Waals surface area (Å²) in [6.45, 7) is 2.01. The van der Waals surface area contributed by atoms with Crippen molar-refractivity contribution in [2.75, 3.05) is 31.0 Å². The number of methoxy groups -OCH3 is 1. The van der Waals surface area contributed by atoms with Gasteiger partial charge in [0.25, 0.3) is 0 Å². The van der Waals surface area contributed by atoms with Crippen molar-refractivity contribution in [3.8, 4) is 0 Å². The highest BCUT2D eigenvalue weighted by Crippen LogP contribution is 2.34. The molecule has 1 aliphatic heterocycles. The summed E-state index contributed by atoms with van der Waals surface area (Å²) in [5.74, 6) is -0.957. The van der Waals surface area contributed by atoms with Gasteiger partial charge < -0.3 is 24.7 Å². The molecular weight excluding hydrogens is 490 g/mol. The number of thiazole rings is 1. The number of hydrogen-bond acceptors (Lipinski definition) is 8. The van der Waals surface area contributed by atoms with Crippen LogP contribution in [0, 0.1) is 5.92 Å². The van der Waals surface area contributed by atoms with Crippen LogP contribution in [0.3, 0.4) is 0 Å². The zero-order valence-electron chi connectivity index (χ0n) is 20.6. The number of amides is 1. The number of ether oxygens (including phenoxy) is 2. The van der Waals surface area contributed by atoms with E-state index in [2.05, 4.69) is 27.8 Å². The van der Waals surface area contributed by atoms with Gasteiger partial charge in [-0.15, -0.1) is 11.3 Å². The van der Waals surface area contributed by atoms with Crippen LogP contribution in [0.25, 0.3) is 11.0 Å². The SMILES string of the molecule is COC(=O)c1c(NC(=O)C2CCOC2)c2cc(NCc3nccs3)cnc2n1CCCc1ccccc1. The highest BCUT2D eigenvalue weighted by Gasteiger charge is 2.29. The Hall–Kier alpha value is -3.76. The maximum atomic E-state index is 13.1. The first-order valence-electron chi connectivity index (χ1n) is 12.3. The third-order valence-electron chi connectivity index (χ3n) is 6.44. The number of esters is 1. The number of carbonyl (C=O) groups is 2. The summed E-state index contributed by atoms with van der Waals surface area (Å²) in [6.07, 6.45) is 5.78. The van der Waals surface area contributed by atoms with Crippen molar-refractivity contribution in [2.45, 2.75) is 32.4 Å². The van der Waals surface area contributed by atoms with E-state index in [9.17, 15) is 9.59 Å². The number of pyridine rings is 1. The largest absolute Gasteiger partial charge is 0.464 e. The van der Waals surface area contributed by atoms with Crippen LogP contribution in [0.15, 0.2) is 54.2 Å². The molecule has 37 heavy (non-hydrogen) atoms. The van der Waals surface area contributed by atoms with E-state index in [1.165, 1.54) is 12.7 Å². The summed E-state index contributed by atoms with van der Waals surface area (Å²) < 4.78 is 12.4. The quantitative estimate of drug-likeness (QED) is 0.297. The molecule has 0 bridgehead atoms. The third kappa shape index (κ3) is 5.65. The van der Waals surface area contributed by atoms with Crippen LogP contribution in [-0.2, 0) is 33.8 Å². The summed E-state index contributed by atoms with van der Waals surface area (Å²) in [6, 6.07) is 12.1. The number of benzene rings is 1. The molecule has 0 radical (unpaired) electrons. The maximum Gasteiger partial charge on any atom is 0.356 e. The Balaban J connectivity index is 1.50. The molecule has 0 spiro atoms. The zero-order chi connectivity index (χ0) is 25.6. The Morgan fingerprint density at radius 3 is 2.84 bits per heavy atom. The lowest BCUT2D eigenvalue weighted by molar-refractivity contribution is -0.119. The normalized spacial score (nSPS) is 15.1. The number of anilines is 2. The summed E-state index contributed by atoms with van der Waals surface area (Å²) >= 11 is 1.56. The highest BCUT2D eigenvalue weighted by atomic mass is 32.1. The smallest absolute Gasteiger partial charge is 0.356 e. The predicted octanol–water partition coefficient (Wildman–Crippen LogP) is 4.50. The molecular formula is C27H29N5O4S. The fourth-order valence-electron chi connectivity index (χ4n) is 4.55. The van der Waals surface area contributed by atoms with Gasteiger partial charge in [-0.05, 0) is 30.9 Å². The lowest BCUT2D eigenvalue weighted by atomic mass is 10.1. The van der Waals surface area contributed by atoms with Gasteiger partial charge in [0.2, 0.25) is 5.91 Å². The van der Waals surface area contributed by atoms with Crippen LogP contribution in [0.4, 0.5) is 11.4 Å². The van der Waals surface area contributed by atoms with Gasteiger partial charge in [0.05, 0.1) is 43.8 Å². The first-order valence-corrected chi connectivity index (χ1v) is 13.2. The van der Waals surface area contributed by atoms with Crippen molar-refractivity contribution in [2.24, 2.45) is 5.92 Å². The number of aromatic nitrogens is 3. The number of nitrogens with one attached hydrogen (secondary N) is 2. The highest BCUT2D eigenvalue weighted by molar-refractivity contribution is 7.09. The van der Waals surface area contributed by atoms with Crippen LogP contribution in [0.2, 0.25) is 0 Å². The maximum absolute atomic E-state index is 13.1. The van der Waals surface area contributed by atoms with Crippen molar-refractivity contribution in [1.82, 2.24) is 14.5 Å². The lowest BCUT2D eigenvalue weighted by Crippen LogP contribution is -2.24. The molecule has 1 aliphatic rings. The zero-order valence-corrected chi connectivity index (χ0v) is 21.4. The minimum Gasteiger partial charge on any atom is -0.464 e. The Morgan fingerprint density at radius 1 is 1.24 bits per heavy atom. The van der Waals surface area contributed by atoms with E-state index in [1.807, 2.05) is 34.2 Å².